The van der Waals surface area contributed by atoms with Crippen LogP contribution in [0.25, 0.3) is 0 Å². The number of unbranched alkanes of at least 4 members (excludes halogenated alkanes) is 8. The normalized spacial score (nSPS) is 10.8. The minimum absolute atomic E-state index is 0.301. The average Bonchev–Trinajstić information content (AvgIpc) is 2.52. The molecule has 0 aliphatic heterocycles. The Morgan fingerprint density at radius 1 is 0.818 bits per heavy atom. The van der Waals surface area contributed by atoms with Crippen molar-refractivity contribution in [1.29, 1.82) is 0 Å². The third-order valence-corrected chi connectivity index (χ3v) is 4.11. The van der Waals surface area contributed by atoms with Crippen molar-refractivity contribution in [2.45, 2.75) is 84.5 Å². The van der Waals surface area contributed by atoms with Crippen LogP contribution in [0.4, 0.5) is 0 Å². The van der Waals surface area contributed by atoms with Crippen LogP contribution in [0.2, 0.25) is 0 Å². The van der Waals surface area contributed by atoms with Gasteiger partial charge in [-0.05, 0) is 30.9 Å². The number of phenols is 1. The van der Waals surface area contributed by atoms with Crippen LogP contribution in [-0.4, -0.2) is 11.7 Å². The predicted molar refractivity (Wildman–Crippen MR) is 94.8 cm³/mol. The van der Waals surface area contributed by atoms with Crippen LogP contribution in [0.3, 0.4) is 0 Å². The minimum Gasteiger partial charge on any atom is -0.508 e. The number of hydrogen-bond donors (Lipinski definition) is 1. The fraction of sp³-hybridized carbons (Fsp3) is 0.700. The van der Waals surface area contributed by atoms with Crippen molar-refractivity contribution in [3.8, 4) is 11.5 Å². The number of aromatic hydroxyl groups is 1. The van der Waals surface area contributed by atoms with Gasteiger partial charge in [0.25, 0.3) is 0 Å². The summed E-state index contributed by atoms with van der Waals surface area (Å²) in [5.74, 6) is 1.18. The van der Waals surface area contributed by atoms with Crippen LogP contribution in [0.15, 0.2) is 18.2 Å². The first kappa shape index (κ1) is 18.9. The van der Waals surface area contributed by atoms with E-state index < -0.39 is 0 Å². The van der Waals surface area contributed by atoms with Gasteiger partial charge in [-0.25, -0.2) is 0 Å². The molecule has 2 heteroatoms. The van der Waals surface area contributed by atoms with Gasteiger partial charge in [-0.2, -0.15) is 0 Å². The molecule has 0 aliphatic carbocycles. The first-order valence-corrected chi connectivity index (χ1v) is 9.22. The summed E-state index contributed by atoms with van der Waals surface area (Å²) in [4.78, 5) is 0. The van der Waals surface area contributed by atoms with E-state index in [1.165, 1.54) is 63.4 Å². The third kappa shape index (κ3) is 8.31. The second-order valence-electron chi connectivity index (χ2n) is 6.22. The Kier molecular flexibility index (Phi) is 10.6. The van der Waals surface area contributed by atoms with Crippen LogP contribution in [0, 0.1) is 0 Å². The Morgan fingerprint density at radius 3 is 2.18 bits per heavy atom. The highest BCUT2D eigenvalue weighted by Crippen LogP contribution is 2.26. The Balaban J connectivity index is 2.32. The standard InChI is InChI=1S/C20H34O2/c1-3-5-7-9-10-12-16-22-20-17-19(21)15-14-18(20)13-11-8-6-4-2/h14-15,17,21H,3-13,16H2,1-2H3. The van der Waals surface area contributed by atoms with Gasteiger partial charge in [0.15, 0.2) is 0 Å². The Bertz CT molecular complexity index is 387. The molecule has 2 nitrogen and oxygen atoms in total. The molecule has 0 heterocycles. The summed E-state index contributed by atoms with van der Waals surface area (Å²) in [6.07, 6.45) is 13.7. The van der Waals surface area contributed by atoms with E-state index in [-0.39, 0.29) is 0 Å². The van der Waals surface area contributed by atoms with Gasteiger partial charge >= 0.3 is 0 Å². The first-order valence-electron chi connectivity index (χ1n) is 9.22. The lowest BCUT2D eigenvalue weighted by atomic mass is 10.1. The van der Waals surface area contributed by atoms with E-state index in [4.69, 9.17) is 4.74 Å². The predicted octanol–water partition coefficient (Wildman–Crippen LogP) is 6.25. The van der Waals surface area contributed by atoms with Crippen molar-refractivity contribution < 1.29 is 9.84 Å². The number of aryl methyl sites for hydroxylation is 1. The monoisotopic (exact) mass is 306 g/mol. The summed E-state index contributed by atoms with van der Waals surface area (Å²) in [5, 5.41) is 9.67. The fourth-order valence-corrected chi connectivity index (χ4v) is 2.69. The summed E-state index contributed by atoms with van der Waals surface area (Å²) in [7, 11) is 0. The number of benzene rings is 1. The molecule has 22 heavy (non-hydrogen) atoms. The molecule has 1 rings (SSSR count). The van der Waals surface area contributed by atoms with Gasteiger partial charge < -0.3 is 9.84 Å². The zero-order valence-electron chi connectivity index (χ0n) is 14.6. The van der Waals surface area contributed by atoms with Gasteiger partial charge in [0, 0.05) is 6.07 Å². The van der Waals surface area contributed by atoms with Gasteiger partial charge in [-0.15, -0.1) is 0 Å². The highest BCUT2D eigenvalue weighted by Gasteiger charge is 2.05. The molecular formula is C20H34O2. The molecule has 0 bridgehead atoms. The number of hydrogen-bond acceptors (Lipinski definition) is 2. The summed E-state index contributed by atoms with van der Waals surface area (Å²) in [5.41, 5.74) is 1.24. The lowest BCUT2D eigenvalue weighted by Crippen LogP contribution is -2.00. The van der Waals surface area contributed by atoms with Crippen LogP contribution in [0.1, 0.15) is 83.6 Å². The van der Waals surface area contributed by atoms with Crippen molar-refractivity contribution >= 4 is 0 Å². The van der Waals surface area contributed by atoms with E-state index in [2.05, 4.69) is 13.8 Å². The Hall–Kier alpha value is -1.18. The number of phenolic OH excluding ortho intramolecular Hbond substituents is 1. The molecule has 0 aromatic heterocycles. The summed E-state index contributed by atoms with van der Waals surface area (Å²) in [6, 6.07) is 5.55. The zero-order chi connectivity index (χ0) is 16.0. The van der Waals surface area contributed by atoms with Crippen molar-refractivity contribution in [3.05, 3.63) is 23.8 Å². The topological polar surface area (TPSA) is 29.5 Å². The molecule has 1 N–H and O–H groups in total. The average molecular weight is 306 g/mol. The van der Waals surface area contributed by atoms with Crippen LogP contribution >= 0.6 is 0 Å². The molecule has 0 saturated carbocycles. The molecule has 0 unspecified atom stereocenters. The van der Waals surface area contributed by atoms with E-state index in [0.29, 0.717) is 5.75 Å². The van der Waals surface area contributed by atoms with E-state index in [1.54, 1.807) is 12.1 Å². The van der Waals surface area contributed by atoms with Gasteiger partial charge in [-0.1, -0.05) is 71.3 Å². The van der Waals surface area contributed by atoms with Crippen molar-refractivity contribution in [3.63, 3.8) is 0 Å². The van der Waals surface area contributed by atoms with E-state index in [9.17, 15) is 5.11 Å². The molecule has 0 amide bonds. The number of ether oxygens (including phenoxy) is 1. The lowest BCUT2D eigenvalue weighted by molar-refractivity contribution is 0.299. The highest BCUT2D eigenvalue weighted by molar-refractivity contribution is 5.40. The largest absolute Gasteiger partial charge is 0.508 e. The minimum atomic E-state index is 0.301. The molecule has 0 spiro atoms. The van der Waals surface area contributed by atoms with Crippen molar-refractivity contribution in [2.24, 2.45) is 0 Å². The summed E-state index contributed by atoms with van der Waals surface area (Å²) in [6.45, 7) is 5.24. The smallest absolute Gasteiger partial charge is 0.126 e. The maximum Gasteiger partial charge on any atom is 0.126 e. The lowest BCUT2D eigenvalue weighted by Gasteiger charge is -2.12. The molecule has 0 aliphatic rings. The summed E-state index contributed by atoms with van der Waals surface area (Å²) >= 11 is 0. The van der Waals surface area contributed by atoms with Crippen molar-refractivity contribution in [2.75, 3.05) is 6.61 Å². The SMILES string of the molecule is CCCCCCCCOc1cc(O)ccc1CCCCCC. The number of rotatable bonds is 13. The van der Waals surface area contributed by atoms with E-state index in [1.807, 2.05) is 6.07 Å². The molecule has 0 saturated heterocycles. The van der Waals surface area contributed by atoms with E-state index in [0.717, 1.165) is 25.2 Å². The molecule has 0 radical (unpaired) electrons. The van der Waals surface area contributed by atoms with Gasteiger partial charge in [-0.3, -0.25) is 0 Å². The zero-order valence-corrected chi connectivity index (χ0v) is 14.6. The van der Waals surface area contributed by atoms with E-state index >= 15 is 0 Å². The molecular weight excluding hydrogens is 272 g/mol. The highest BCUT2D eigenvalue weighted by atomic mass is 16.5. The summed E-state index contributed by atoms with van der Waals surface area (Å²) < 4.78 is 5.92. The Labute approximate surface area is 136 Å². The molecule has 126 valence electrons. The second-order valence-corrected chi connectivity index (χ2v) is 6.22. The first-order chi connectivity index (χ1) is 10.8. The van der Waals surface area contributed by atoms with Crippen LogP contribution in [-0.2, 0) is 6.42 Å². The quantitative estimate of drug-likeness (QED) is 0.436. The molecule has 1 aromatic rings. The molecule has 0 atom stereocenters. The Morgan fingerprint density at radius 2 is 1.45 bits per heavy atom. The molecule has 1 aromatic carbocycles. The van der Waals surface area contributed by atoms with Gasteiger partial charge in [0.05, 0.1) is 6.61 Å². The maximum atomic E-state index is 9.67. The fourth-order valence-electron chi connectivity index (χ4n) is 2.69. The molecule has 0 fully saturated rings. The maximum absolute atomic E-state index is 9.67. The van der Waals surface area contributed by atoms with Crippen LogP contribution in [0.5, 0.6) is 11.5 Å². The second kappa shape index (κ2) is 12.4. The van der Waals surface area contributed by atoms with Crippen molar-refractivity contribution in [1.82, 2.24) is 0 Å². The van der Waals surface area contributed by atoms with Crippen LogP contribution < -0.4 is 4.74 Å². The third-order valence-electron chi connectivity index (χ3n) is 4.11. The van der Waals surface area contributed by atoms with Gasteiger partial charge in [0.2, 0.25) is 0 Å². The van der Waals surface area contributed by atoms with Gasteiger partial charge in [0.1, 0.15) is 11.5 Å².